The van der Waals surface area contributed by atoms with Gasteiger partial charge in [0.1, 0.15) is 11.6 Å². The van der Waals surface area contributed by atoms with Gasteiger partial charge in [0.05, 0.1) is 0 Å². The lowest BCUT2D eigenvalue weighted by molar-refractivity contribution is 0.195. The average molecular weight is 321 g/mol. The minimum atomic E-state index is -0.0385. The van der Waals surface area contributed by atoms with Crippen molar-refractivity contribution in [2.75, 3.05) is 26.2 Å². The van der Waals surface area contributed by atoms with E-state index < -0.39 is 0 Å². The predicted octanol–water partition coefficient (Wildman–Crippen LogP) is 0.817. The van der Waals surface area contributed by atoms with Gasteiger partial charge in [-0.05, 0) is 18.8 Å². The van der Waals surface area contributed by atoms with Crippen molar-refractivity contribution in [1.82, 2.24) is 25.0 Å². The van der Waals surface area contributed by atoms with Gasteiger partial charge < -0.3 is 19.9 Å². The number of rotatable bonds is 4. The number of carbonyl (C=O) groups is 1. The molecule has 1 fully saturated rings. The van der Waals surface area contributed by atoms with Gasteiger partial charge in [0.15, 0.2) is 0 Å². The fraction of sp³-hybridized carbons (Fsp3) is 0.812. The summed E-state index contributed by atoms with van der Waals surface area (Å²) in [6.45, 7) is 5.16. The zero-order valence-corrected chi connectivity index (χ0v) is 13.9. The van der Waals surface area contributed by atoms with Crippen LogP contribution in [0.4, 0.5) is 4.79 Å². The number of amides is 2. The summed E-state index contributed by atoms with van der Waals surface area (Å²) >= 11 is 0. The maximum absolute atomic E-state index is 12.2. The number of nitrogens with one attached hydrogen (secondary N) is 1. The molecule has 0 bridgehead atoms. The number of aliphatic hydroxyl groups excluding tert-OH is 1. The van der Waals surface area contributed by atoms with Crippen molar-refractivity contribution < 1.29 is 9.90 Å². The molecule has 1 saturated heterocycles. The van der Waals surface area contributed by atoms with E-state index in [2.05, 4.69) is 27.0 Å². The van der Waals surface area contributed by atoms with Gasteiger partial charge >= 0.3 is 6.03 Å². The molecule has 2 N–H and O–H groups in total. The Morgan fingerprint density at radius 3 is 2.96 bits per heavy atom. The van der Waals surface area contributed by atoms with Gasteiger partial charge in [-0.15, -0.1) is 10.2 Å². The zero-order chi connectivity index (χ0) is 16.2. The lowest BCUT2D eigenvalue weighted by Crippen LogP contribution is -2.39. The number of urea groups is 1. The molecule has 1 aromatic rings. The molecule has 2 aliphatic heterocycles. The third kappa shape index (κ3) is 3.65. The second kappa shape index (κ2) is 7.29. The summed E-state index contributed by atoms with van der Waals surface area (Å²) in [5.41, 5.74) is 0. The number of fused-ring (bicyclic) bond motifs is 1. The van der Waals surface area contributed by atoms with Crippen molar-refractivity contribution in [2.24, 2.45) is 11.8 Å². The van der Waals surface area contributed by atoms with Crippen LogP contribution in [0.2, 0.25) is 0 Å². The molecule has 7 nitrogen and oxygen atoms in total. The van der Waals surface area contributed by atoms with Crippen molar-refractivity contribution in [1.29, 1.82) is 0 Å². The topological polar surface area (TPSA) is 83.3 Å². The molecule has 0 aliphatic carbocycles. The minimum absolute atomic E-state index is 0.0385. The Hall–Kier alpha value is -1.63. The van der Waals surface area contributed by atoms with Crippen LogP contribution >= 0.6 is 0 Å². The fourth-order valence-electron chi connectivity index (χ4n) is 3.56. The standard InChI is InChI=1S/C16H27N5O2/c1-12-9-20(10-13(12)11-22)16(23)17-7-6-15-19-18-14-5-3-2-4-8-21(14)15/h12-13,22H,2-11H2,1H3,(H,17,23)/t12-,13+/m1/s1. The Bertz CT molecular complexity index is 545. The molecule has 0 radical (unpaired) electrons. The maximum atomic E-state index is 12.2. The number of aliphatic hydroxyl groups is 1. The van der Waals surface area contributed by atoms with Crippen LogP contribution in [0.15, 0.2) is 0 Å². The monoisotopic (exact) mass is 321 g/mol. The number of likely N-dealkylation sites (tertiary alicyclic amines) is 1. The van der Waals surface area contributed by atoms with Gasteiger partial charge in [0.25, 0.3) is 0 Å². The first-order chi connectivity index (χ1) is 11.2. The molecule has 0 saturated carbocycles. The van der Waals surface area contributed by atoms with E-state index in [1.165, 1.54) is 19.3 Å². The average Bonchev–Trinajstić information content (AvgIpc) is 3.02. The Kier molecular flexibility index (Phi) is 5.15. The van der Waals surface area contributed by atoms with Crippen LogP contribution in [-0.4, -0.2) is 57.0 Å². The normalized spacial score (nSPS) is 24.3. The number of hydrogen-bond acceptors (Lipinski definition) is 4. The Morgan fingerprint density at radius 1 is 1.30 bits per heavy atom. The van der Waals surface area contributed by atoms with Crippen molar-refractivity contribution in [3.05, 3.63) is 11.6 Å². The van der Waals surface area contributed by atoms with Crippen LogP contribution in [0, 0.1) is 11.8 Å². The van der Waals surface area contributed by atoms with Gasteiger partial charge in [0.2, 0.25) is 0 Å². The van der Waals surface area contributed by atoms with E-state index in [-0.39, 0.29) is 18.6 Å². The summed E-state index contributed by atoms with van der Waals surface area (Å²) in [5, 5.41) is 20.8. The summed E-state index contributed by atoms with van der Waals surface area (Å²) in [6, 6.07) is -0.0385. The van der Waals surface area contributed by atoms with Crippen LogP contribution in [0.5, 0.6) is 0 Å². The fourth-order valence-corrected chi connectivity index (χ4v) is 3.56. The summed E-state index contributed by atoms with van der Waals surface area (Å²) in [5.74, 6) is 2.62. The Labute approximate surface area is 137 Å². The first-order valence-electron chi connectivity index (χ1n) is 8.73. The van der Waals surface area contributed by atoms with E-state index in [0.29, 0.717) is 25.4 Å². The highest BCUT2D eigenvalue weighted by Gasteiger charge is 2.31. The molecular weight excluding hydrogens is 294 g/mol. The van der Waals surface area contributed by atoms with Gasteiger partial charge in [-0.25, -0.2) is 4.79 Å². The summed E-state index contributed by atoms with van der Waals surface area (Å²) in [6.07, 6.45) is 5.34. The van der Waals surface area contributed by atoms with E-state index in [1.807, 2.05) is 0 Å². The molecule has 2 atom stereocenters. The van der Waals surface area contributed by atoms with Crippen LogP contribution in [-0.2, 0) is 19.4 Å². The molecule has 0 spiro atoms. The highest BCUT2D eigenvalue weighted by molar-refractivity contribution is 5.74. The van der Waals surface area contributed by atoms with Crippen LogP contribution in [0.3, 0.4) is 0 Å². The Balaban J connectivity index is 1.48. The third-order valence-corrected chi connectivity index (χ3v) is 5.10. The number of nitrogens with zero attached hydrogens (tertiary/aromatic N) is 4. The van der Waals surface area contributed by atoms with E-state index in [9.17, 15) is 9.90 Å². The van der Waals surface area contributed by atoms with Gasteiger partial charge in [-0.1, -0.05) is 13.3 Å². The zero-order valence-electron chi connectivity index (χ0n) is 13.9. The lowest BCUT2D eigenvalue weighted by atomic mass is 10.00. The number of hydrogen-bond donors (Lipinski definition) is 2. The summed E-state index contributed by atoms with van der Waals surface area (Å²) < 4.78 is 2.22. The molecule has 3 rings (SSSR count). The van der Waals surface area contributed by atoms with Crippen molar-refractivity contribution in [3.63, 3.8) is 0 Å². The SMILES string of the molecule is C[C@@H]1CN(C(=O)NCCc2nnc3n2CCCCC3)C[C@H]1CO. The number of aromatic nitrogens is 3. The molecule has 3 heterocycles. The molecule has 0 aromatic carbocycles. The Morgan fingerprint density at radius 2 is 2.17 bits per heavy atom. The number of carbonyl (C=O) groups excluding carboxylic acids is 1. The summed E-state index contributed by atoms with van der Waals surface area (Å²) in [4.78, 5) is 14.0. The second-order valence-electron chi connectivity index (χ2n) is 6.80. The quantitative estimate of drug-likeness (QED) is 0.860. The van der Waals surface area contributed by atoms with Crippen LogP contribution in [0.25, 0.3) is 0 Å². The van der Waals surface area contributed by atoms with Crippen molar-refractivity contribution in [3.8, 4) is 0 Å². The highest BCUT2D eigenvalue weighted by Crippen LogP contribution is 2.22. The molecule has 128 valence electrons. The van der Waals surface area contributed by atoms with E-state index in [4.69, 9.17) is 0 Å². The van der Waals surface area contributed by atoms with Crippen LogP contribution < -0.4 is 5.32 Å². The molecule has 2 aliphatic rings. The summed E-state index contributed by atoms with van der Waals surface area (Å²) in [7, 11) is 0. The minimum Gasteiger partial charge on any atom is -0.396 e. The second-order valence-corrected chi connectivity index (χ2v) is 6.80. The van der Waals surface area contributed by atoms with Gasteiger partial charge in [-0.2, -0.15) is 0 Å². The van der Waals surface area contributed by atoms with E-state index in [0.717, 1.165) is 31.2 Å². The van der Waals surface area contributed by atoms with E-state index in [1.54, 1.807) is 4.90 Å². The first-order valence-corrected chi connectivity index (χ1v) is 8.73. The largest absolute Gasteiger partial charge is 0.396 e. The van der Waals surface area contributed by atoms with Crippen molar-refractivity contribution in [2.45, 2.75) is 45.6 Å². The highest BCUT2D eigenvalue weighted by atomic mass is 16.3. The number of aryl methyl sites for hydroxylation is 1. The van der Waals surface area contributed by atoms with Crippen molar-refractivity contribution >= 4 is 6.03 Å². The van der Waals surface area contributed by atoms with Gasteiger partial charge in [0, 0.05) is 51.5 Å². The first kappa shape index (κ1) is 16.2. The molecule has 1 aromatic heterocycles. The lowest BCUT2D eigenvalue weighted by Gasteiger charge is -2.17. The van der Waals surface area contributed by atoms with Gasteiger partial charge in [-0.3, -0.25) is 0 Å². The molecule has 0 unspecified atom stereocenters. The predicted molar refractivity (Wildman–Crippen MR) is 86.0 cm³/mol. The molecule has 7 heteroatoms. The molecular formula is C16H27N5O2. The third-order valence-electron chi connectivity index (χ3n) is 5.10. The van der Waals surface area contributed by atoms with Crippen LogP contribution in [0.1, 0.15) is 37.8 Å². The van der Waals surface area contributed by atoms with E-state index >= 15 is 0 Å². The maximum Gasteiger partial charge on any atom is 0.317 e. The molecule has 2 amide bonds. The molecule has 23 heavy (non-hydrogen) atoms. The smallest absolute Gasteiger partial charge is 0.317 e.